The second-order valence-electron chi connectivity index (χ2n) is 11.2. The van der Waals surface area contributed by atoms with Crippen molar-refractivity contribution in [3.8, 4) is 28.3 Å². The first-order valence-electron chi connectivity index (χ1n) is 15.0. The van der Waals surface area contributed by atoms with E-state index in [0.717, 1.165) is 9.13 Å². The molecule has 0 aliphatic carbocycles. The summed E-state index contributed by atoms with van der Waals surface area (Å²) in [6.07, 6.45) is -1.49. The SMILES string of the molecule is COc1nc(-c2cccc(-c3cccc(Nc4nc(C(F)F)nc5c4c(=O)n(C)c(=O)n5C)c3Cl)c2Cl)cnc1CN[C@@H]1CCOC[C@@H]1O. The summed E-state index contributed by atoms with van der Waals surface area (Å²) >= 11 is 13.9. The molecule has 1 saturated heterocycles. The molecule has 1 fully saturated rings. The van der Waals surface area contributed by atoms with Crippen molar-refractivity contribution in [2.75, 3.05) is 25.6 Å². The molecule has 2 aromatic carbocycles. The van der Waals surface area contributed by atoms with E-state index in [2.05, 4.69) is 30.6 Å². The zero-order valence-electron chi connectivity index (χ0n) is 26.4. The molecule has 3 N–H and O–H groups in total. The molecule has 1 aliphatic heterocycles. The number of methoxy groups -OCH3 is 1. The molecule has 4 heterocycles. The van der Waals surface area contributed by atoms with Gasteiger partial charge >= 0.3 is 5.69 Å². The van der Waals surface area contributed by atoms with Crippen LogP contribution in [0, 0.1) is 0 Å². The van der Waals surface area contributed by atoms with E-state index in [0.29, 0.717) is 52.7 Å². The van der Waals surface area contributed by atoms with Gasteiger partial charge < -0.3 is 25.2 Å². The lowest BCUT2D eigenvalue weighted by molar-refractivity contribution is -0.0281. The third-order valence-electron chi connectivity index (χ3n) is 8.19. The minimum Gasteiger partial charge on any atom is -0.480 e. The summed E-state index contributed by atoms with van der Waals surface area (Å²) in [5, 5.41) is 16.7. The molecule has 0 amide bonds. The molecule has 5 aromatic rings. The van der Waals surface area contributed by atoms with Gasteiger partial charge in [0, 0.05) is 50.0 Å². The highest BCUT2D eigenvalue weighted by atomic mass is 35.5. The molecule has 256 valence electrons. The molecule has 1 aliphatic rings. The molecule has 0 spiro atoms. The van der Waals surface area contributed by atoms with Crippen molar-refractivity contribution in [1.29, 1.82) is 0 Å². The molecule has 13 nitrogen and oxygen atoms in total. The number of hydrogen-bond acceptors (Lipinski definition) is 11. The van der Waals surface area contributed by atoms with Crippen LogP contribution in [0.2, 0.25) is 10.0 Å². The van der Waals surface area contributed by atoms with E-state index >= 15 is 0 Å². The van der Waals surface area contributed by atoms with Crippen molar-refractivity contribution in [2.45, 2.75) is 31.5 Å². The summed E-state index contributed by atoms with van der Waals surface area (Å²) in [6, 6.07) is 10.1. The number of aryl methyl sites for hydroxylation is 1. The highest BCUT2D eigenvalue weighted by Crippen LogP contribution is 2.42. The van der Waals surface area contributed by atoms with E-state index in [1.54, 1.807) is 42.6 Å². The molecule has 0 radical (unpaired) electrons. The van der Waals surface area contributed by atoms with E-state index in [9.17, 15) is 23.5 Å². The van der Waals surface area contributed by atoms with Crippen molar-refractivity contribution in [3.63, 3.8) is 0 Å². The molecule has 49 heavy (non-hydrogen) atoms. The number of hydrogen-bond donors (Lipinski definition) is 3. The van der Waals surface area contributed by atoms with E-state index in [1.807, 2.05) is 0 Å². The van der Waals surface area contributed by atoms with Crippen molar-refractivity contribution in [2.24, 2.45) is 14.1 Å². The fourth-order valence-corrected chi connectivity index (χ4v) is 6.17. The van der Waals surface area contributed by atoms with E-state index < -0.39 is 29.6 Å². The van der Waals surface area contributed by atoms with Gasteiger partial charge in [0.15, 0.2) is 11.5 Å². The fraction of sp³-hybridized carbons (Fsp3) is 0.312. The van der Waals surface area contributed by atoms with Crippen LogP contribution >= 0.6 is 23.2 Å². The maximum Gasteiger partial charge on any atom is 0.332 e. The second kappa shape index (κ2) is 14.1. The van der Waals surface area contributed by atoms with Crippen molar-refractivity contribution >= 4 is 45.7 Å². The average molecular weight is 716 g/mol. The molecule has 0 saturated carbocycles. The molecule has 0 bridgehead atoms. The van der Waals surface area contributed by atoms with Crippen molar-refractivity contribution < 1.29 is 23.4 Å². The smallest absolute Gasteiger partial charge is 0.332 e. The summed E-state index contributed by atoms with van der Waals surface area (Å²) in [5.74, 6) is -0.847. The van der Waals surface area contributed by atoms with Crippen LogP contribution in [0.15, 0.2) is 52.2 Å². The fourth-order valence-electron chi connectivity index (χ4n) is 5.57. The average Bonchev–Trinajstić information content (AvgIpc) is 3.10. The number of benzene rings is 2. The minimum absolute atomic E-state index is 0.147. The number of halogens is 4. The Bertz CT molecular complexity index is 2180. The minimum atomic E-state index is -3.08. The molecule has 17 heteroatoms. The van der Waals surface area contributed by atoms with Crippen LogP contribution in [-0.2, 0) is 25.4 Å². The maximum atomic E-state index is 13.8. The van der Waals surface area contributed by atoms with Gasteiger partial charge in [-0.05, 0) is 12.5 Å². The third-order valence-corrected chi connectivity index (χ3v) is 9.01. The number of nitrogens with one attached hydrogen (secondary N) is 2. The summed E-state index contributed by atoms with van der Waals surface area (Å²) in [5.41, 5.74) is 0.955. The highest BCUT2D eigenvalue weighted by Gasteiger charge is 2.25. The van der Waals surface area contributed by atoms with Crippen LogP contribution in [0.5, 0.6) is 5.88 Å². The van der Waals surface area contributed by atoms with Gasteiger partial charge in [0.2, 0.25) is 5.88 Å². The Morgan fingerprint density at radius 1 is 1.04 bits per heavy atom. The van der Waals surface area contributed by atoms with Gasteiger partial charge in [-0.2, -0.15) is 0 Å². The van der Waals surface area contributed by atoms with E-state index in [4.69, 9.17) is 32.7 Å². The highest BCUT2D eigenvalue weighted by molar-refractivity contribution is 6.39. The predicted molar refractivity (Wildman–Crippen MR) is 180 cm³/mol. The zero-order valence-corrected chi connectivity index (χ0v) is 27.9. The largest absolute Gasteiger partial charge is 0.480 e. The Labute approximate surface area is 287 Å². The van der Waals surface area contributed by atoms with Crippen LogP contribution < -0.4 is 26.6 Å². The second-order valence-corrected chi connectivity index (χ2v) is 12.0. The first-order chi connectivity index (χ1) is 23.5. The summed E-state index contributed by atoms with van der Waals surface area (Å²) < 4.78 is 40.3. The Morgan fingerprint density at radius 3 is 2.47 bits per heavy atom. The Balaban J connectivity index is 1.35. The molecular weight excluding hydrogens is 685 g/mol. The lowest BCUT2D eigenvalue weighted by Crippen LogP contribution is -2.46. The van der Waals surface area contributed by atoms with E-state index in [1.165, 1.54) is 21.2 Å². The normalized spacial score (nSPS) is 16.3. The Morgan fingerprint density at radius 2 is 1.76 bits per heavy atom. The predicted octanol–water partition coefficient (Wildman–Crippen LogP) is 4.39. The van der Waals surface area contributed by atoms with Crippen LogP contribution in [0.3, 0.4) is 0 Å². The lowest BCUT2D eigenvalue weighted by atomic mass is 10.0. The van der Waals surface area contributed by atoms with Gasteiger partial charge in [0.05, 0.1) is 47.4 Å². The molecule has 3 aromatic heterocycles. The third kappa shape index (κ3) is 6.59. The number of aromatic nitrogens is 6. The maximum absolute atomic E-state index is 13.8. The van der Waals surface area contributed by atoms with Gasteiger partial charge in [-0.15, -0.1) is 0 Å². The Hall–Kier alpha value is -4.54. The van der Waals surface area contributed by atoms with Crippen LogP contribution in [0.4, 0.5) is 20.3 Å². The Kier molecular flexibility index (Phi) is 9.90. The van der Waals surface area contributed by atoms with Gasteiger partial charge in [0.1, 0.15) is 16.9 Å². The number of anilines is 2. The number of fused-ring (bicyclic) bond motifs is 1. The number of nitrogens with zero attached hydrogens (tertiary/aromatic N) is 6. The van der Waals surface area contributed by atoms with Gasteiger partial charge in [-0.3, -0.25) is 18.9 Å². The van der Waals surface area contributed by atoms with Crippen LogP contribution in [0.25, 0.3) is 33.4 Å². The molecule has 6 rings (SSSR count). The molecule has 0 unspecified atom stereocenters. The van der Waals surface area contributed by atoms with Crippen LogP contribution in [0.1, 0.15) is 24.4 Å². The number of ether oxygens (including phenoxy) is 2. The monoisotopic (exact) mass is 714 g/mol. The summed E-state index contributed by atoms with van der Waals surface area (Å²) in [6.45, 7) is 1.12. The van der Waals surface area contributed by atoms with E-state index in [-0.39, 0.29) is 46.1 Å². The van der Waals surface area contributed by atoms with Crippen molar-refractivity contribution in [1.82, 2.24) is 34.4 Å². The van der Waals surface area contributed by atoms with Gasteiger partial charge in [0.25, 0.3) is 12.0 Å². The summed E-state index contributed by atoms with van der Waals surface area (Å²) in [4.78, 5) is 42.5. The topological polar surface area (TPSA) is 158 Å². The van der Waals surface area contributed by atoms with Gasteiger partial charge in [-0.1, -0.05) is 53.5 Å². The molecule has 2 atom stereocenters. The number of aliphatic hydroxyl groups excluding tert-OH is 1. The first-order valence-corrected chi connectivity index (χ1v) is 15.7. The number of aliphatic hydroxyl groups is 1. The first kappa shape index (κ1) is 34.3. The zero-order chi connectivity index (χ0) is 35.0. The standard InChI is InChI=1S/C32H30Cl2F2N8O5/c1-43-29-23(31(46)44(2)32(43)47)27(41-28(42-29)26(35)36)39-19-9-5-7-16(25(19)34)15-6-4-8-17(24(15)33)20-12-38-21(30(40-20)48-3)13-37-18-10-11-49-14-22(18)45/h4-9,12,18,22,26,37,45H,10-11,13-14H2,1-3H3,(H,39,41,42)/t18-,22+/m1/s1. The van der Waals surface area contributed by atoms with Crippen molar-refractivity contribution in [3.05, 3.63) is 85.0 Å². The quantitative estimate of drug-likeness (QED) is 0.199. The number of rotatable bonds is 9. The summed E-state index contributed by atoms with van der Waals surface area (Å²) in [7, 11) is 4.07. The lowest BCUT2D eigenvalue weighted by Gasteiger charge is -2.28. The van der Waals surface area contributed by atoms with Crippen LogP contribution in [-0.4, -0.2) is 66.6 Å². The van der Waals surface area contributed by atoms with Gasteiger partial charge in [-0.25, -0.2) is 28.5 Å². The number of alkyl halides is 2. The molecular formula is C32H30Cl2F2N8O5.